The largest absolute Gasteiger partial charge is 0.508 e. The number of aliphatic carboxylic acids is 1. The molecular weight excluding hydrogens is 444 g/mol. The third-order valence-electron chi connectivity index (χ3n) is 7.85. The zero-order valence-electron chi connectivity index (χ0n) is 20.5. The number of nitrogens with zero attached hydrogens (tertiary/aromatic N) is 2. The second kappa shape index (κ2) is 10.8. The number of β-amino-alcohol motifs (C(OH)–C–C–N with tert-alkyl or cyclic N) is 1. The second-order valence-electron chi connectivity index (χ2n) is 10.3. The number of carboxylic acids is 1. The molecule has 0 spiro atoms. The van der Waals surface area contributed by atoms with Crippen molar-refractivity contribution in [2.45, 2.75) is 51.3 Å². The number of aliphatic hydroxyl groups excluding tert-OH is 1. The van der Waals surface area contributed by atoms with Crippen LogP contribution in [0.15, 0.2) is 54.6 Å². The van der Waals surface area contributed by atoms with Crippen LogP contribution in [0.1, 0.15) is 43.9 Å². The molecule has 7 nitrogen and oxygen atoms in total. The van der Waals surface area contributed by atoms with Gasteiger partial charge in [-0.25, -0.2) is 4.79 Å². The first kappa shape index (κ1) is 25.2. The Morgan fingerprint density at radius 2 is 1.83 bits per heavy atom. The van der Waals surface area contributed by atoms with Gasteiger partial charge in [-0.2, -0.15) is 0 Å². The Kier molecular flexibility index (Phi) is 7.77. The summed E-state index contributed by atoms with van der Waals surface area (Å²) < 4.78 is 0. The van der Waals surface area contributed by atoms with Gasteiger partial charge in [0.25, 0.3) is 0 Å². The summed E-state index contributed by atoms with van der Waals surface area (Å²) in [7, 11) is 0. The molecule has 2 saturated heterocycles. The van der Waals surface area contributed by atoms with E-state index in [0.717, 1.165) is 24.1 Å². The molecule has 0 saturated carbocycles. The average Bonchev–Trinajstić information content (AvgIpc) is 3.23. The van der Waals surface area contributed by atoms with Crippen molar-refractivity contribution < 1.29 is 24.9 Å². The first-order chi connectivity index (χ1) is 16.7. The first-order valence-electron chi connectivity index (χ1n) is 12.5. The summed E-state index contributed by atoms with van der Waals surface area (Å²) in [5.74, 6) is -0.722. The van der Waals surface area contributed by atoms with E-state index in [2.05, 4.69) is 18.7 Å². The minimum absolute atomic E-state index is 0.0383. The fraction of sp³-hybridized carbons (Fsp3) is 0.500. The topological polar surface area (TPSA) is 101 Å². The lowest BCUT2D eigenvalue weighted by atomic mass is 9.78. The van der Waals surface area contributed by atoms with Crippen molar-refractivity contribution in [1.29, 1.82) is 0 Å². The molecular formula is C28H36N2O5. The molecule has 1 amide bonds. The summed E-state index contributed by atoms with van der Waals surface area (Å²) in [4.78, 5) is 29.3. The van der Waals surface area contributed by atoms with Crippen molar-refractivity contribution >= 4 is 11.9 Å². The van der Waals surface area contributed by atoms with Crippen LogP contribution in [0.4, 0.5) is 0 Å². The van der Waals surface area contributed by atoms with Gasteiger partial charge in [0, 0.05) is 25.6 Å². The van der Waals surface area contributed by atoms with Crippen molar-refractivity contribution in [3.63, 3.8) is 0 Å². The van der Waals surface area contributed by atoms with Crippen molar-refractivity contribution in [2.24, 2.45) is 17.8 Å². The van der Waals surface area contributed by atoms with E-state index < -0.39 is 24.0 Å². The Hall–Kier alpha value is -2.90. The predicted octanol–water partition coefficient (Wildman–Crippen LogP) is 3.32. The number of hydrogen-bond donors (Lipinski definition) is 3. The Morgan fingerprint density at radius 1 is 1.09 bits per heavy atom. The Bertz CT molecular complexity index is 1030. The van der Waals surface area contributed by atoms with Gasteiger partial charge in [-0.15, -0.1) is 0 Å². The van der Waals surface area contributed by atoms with Gasteiger partial charge >= 0.3 is 5.97 Å². The Labute approximate surface area is 207 Å². The molecule has 0 aromatic heterocycles. The van der Waals surface area contributed by atoms with Crippen molar-refractivity contribution in [3.05, 3.63) is 65.7 Å². The number of rotatable bonds is 7. The molecule has 2 aliphatic heterocycles. The van der Waals surface area contributed by atoms with Crippen LogP contribution in [-0.4, -0.2) is 68.8 Å². The fourth-order valence-corrected chi connectivity index (χ4v) is 5.78. The van der Waals surface area contributed by atoms with Crippen LogP contribution in [0.25, 0.3) is 0 Å². The molecule has 2 aromatic carbocycles. The van der Waals surface area contributed by atoms with Crippen molar-refractivity contribution in [3.8, 4) is 5.75 Å². The lowest BCUT2D eigenvalue weighted by Gasteiger charge is -2.45. The summed E-state index contributed by atoms with van der Waals surface area (Å²) >= 11 is 0. The number of aliphatic hydroxyl groups is 1. The molecule has 2 heterocycles. The number of phenols is 1. The van der Waals surface area contributed by atoms with Gasteiger partial charge in [0.15, 0.2) is 0 Å². The summed E-state index contributed by atoms with van der Waals surface area (Å²) in [5, 5.41) is 30.0. The van der Waals surface area contributed by atoms with Gasteiger partial charge in [-0.1, -0.05) is 56.3 Å². The van der Waals surface area contributed by atoms with Gasteiger partial charge < -0.3 is 20.2 Å². The SMILES string of the molecule is C[C@@H]1CCN(C[C@H](Cc2ccccc2)C(=O)N2C[C@H](O)C[C@@H]2C(=O)O)C(c2cccc(O)c2)[C@@H]1C. The van der Waals surface area contributed by atoms with E-state index >= 15 is 0 Å². The highest BCUT2D eigenvalue weighted by atomic mass is 16.4. The standard InChI is InChI=1S/C28H36N2O5/c1-18-11-12-29(26(19(18)2)21-9-6-10-23(31)14-21)16-22(13-20-7-4-3-5-8-20)27(33)30-17-24(32)15-25(30)28(34)35/h3-10,14,18-19,22,24-26,31-32H,11-13,15-17H2,1-2H3,(H,34,35)/t18-,19-,22+,24-,25-,26?/m1/s1. The molecule has 3 N–H and O–H groups in total. The van der Waals surface area contributed by atoms with Gasteiger partial charge in [0.2, 0.25) is 5.91 Å². The third-order valence-corrected chi connectivity index (χ3v) is 7.85. The highest BCUT2D eigenvalue weighted by Crippen LogP contribution is 2.40. The number of amides is 1. The van der Waals surface area contributed by atoms with Crippen LogP contribution in [-0.2, 0) is 16.0 Å². The second-order valence-corrected chi connectivity index (χ2v) is 10.3. The molecule has 2 aliphatic rings. The van der Waals surface area contributed by atoms with Crippen LogP contribution < -0.4 is 0 Å². The minimum Gasteiger partial charge on any atom is -0.508 e. The third kappa shape index (κ3) is 5.68. The number of hydrogen-bond acceptors (Lipinski definition) is 5. The van der Waals surface area contributed by atoms with Crippen LogP contribution in [0.5, 0.6) is 5.75 Å². The molecule has 0 aliphatic carbocycles. The average molecular weight is 481 g/mol. The summed E-state index contributed by atoms with van der Waals surface area (Å²) in [6.07, 6.45) is 0.728. The number of benzene rings is 2. The number of aromatic hydroxyl groups is 1. The molecule has 6 atom stereocenters. The first-order valence-corrected chi connectivity index (χ1v) is 12.5. The molecule has 1 unspecified atom stereocenters. The minimum atomic E-state index is -1.08. The van der Waals surface area contributed by atoms with E-state index in [-0.39, 0.29) is 30.7 Å². The molecule has 0 bridgehead atoms. The molecule has 35 heavy (non-hydrogen) atoms. The number of carbonyl (C=O) groups excluding carboxylic acids is 1. The van der Waals surface area contributed by atoms with Crippen LogP contribution in [0, 0.1) is 17.8 Å². The summed E-state index contributed by atoms with van der Waals surface area (Å²) in [6, 6.07) is 16.2. The Morgan fingerprint density at radius 3 is 2.51 bits per heavy atom. The zero-order chi connectivity index (χ0) is 25.1. The monoisotopic (exact) mass is 480 g/mol. The summed E-state index contributed by atoms with van der Waals surface area (Å²) in [5.41, 5.74) is 2.04. The lowest BCUT2D eigenvalue weighted by molar-refractivity contribution is -0.150. The van der Waals surface area contributed by atoms with Crippen molar-refractivity contribution in [2.75, 3.05) is 19.6 Å². The quantitative estimate of drug-likeness (QED) is 0.562. The fourth-order valence-electron chi connectivity index (χ4n) is 5.78. The summed E-state index contributed by atoms with van der Waals surface area (Å²) in [6.45, 7) is 5.80. The normalized spacial score (nSPS) is 28.1. The van der Waals surface area contributed by atoms with Crippen LogP contribution in [0.2, 0.25) is 0 Å². The van der Waals surface area contributed by atoms with Crippen molar-refractivity contribution in [1.82, 2.24) is 9.80 Å². The number of piperidine rings is 1. The highest BCUT2D eigenvalue weighted by molar-refractivity contribution is 5.86. The molecule has 4 rings (SSSR count). The van der Waals surface area contributed by atoms with Gasteiger partial charge in [-0.05, 0) is 54.5 Å². The number of carboxylic acid groups (broad SMARTS) is 1. The smallest absolute Gasteiger partial charge is 0.326 e. The van der Waals surface area contributed by atoms with E-state index in [9.17, 15) is 24.9 Å². The Balaban J connectivity index is 1.64. The van der Waals surface area contributed by atoms with Gasteiger partial charge in [0.1, 0.15) is 11.8 Å². The highest BCUT2D eigenvalue weighted by Gasteiger charge is 2.43. The van der Waals surface area contributed by atoms with Crippen LogP contribution in [0.3, 0.4) is 0 Å². The molecule has 7 heteroatoms. The molecule has 2 aromatic rings. The predicted molar refractivity (Wildman–Crippen MR) is 133 cm³/mol. The maximum atomic E-state index is 13.8. The number of carbonyl (C=O) groups is 2. The zero-order valence-corrected chi connectivity index (χ0v) is 20.5. The maximum absolute atomic E-state index is 13.8. The van der Waals surface area contributed by atoms with E-state index in [1.807, 2.05) is 42.5 Å². The van der Waals surface area contributed by atoms with E-state index in [1.165, 1.54) is 4.90 Å². The number of likely N-dealkylation sites (tertiary alicyclic amines) is 2. The van der Waals surface area contributed by atoms with E-state index in [1.54, 1.807) is 12.1 Å². The van der Waals surface area contributed by atoms with Gasteiger partial charge in [-0.3, -0.25) is 9.69 Å². The van der Waals surface area contributed by atoms with Crippen LogP contribution >= 0.6 is 0 Å². The van der Waals surface area contributed by atoms with Gasteiger partial charge in [0.05, 0.1) is 12.0 Å². The maximum Gasteiger partial charge on any atom is 0.326 e. The number of phenolic OH excluding ortho intramolecular Hbond substituents is 1. The van der Waals surface area contributed by atoms with E-state index in [4.69, 9.17) is 0 Å². The molecule has 0 radical (unpaired) electrons. The van der Waals surface area contributed by atoms with E-state index in [0.29, 0.717) is 24.8 Å². The molecule has 188 valence electrons. The lowest BCUT2D eigenvalue weighted by Crippen LogP contribution is -2.50. The molecule has 2 fully saturated rings.